The monoisotopic (exact) mass is 246 g/mol. The number of benzene rings is 1. The van der Waals surface area contributed by atoms with Crippen molar-refractivity contribution in [2.24, 2.45) is 0 Å². The molecule has 0 aliphatic carbocycles. The zero-order chi connectivity index (χ0) is 13.3. The molecule has 1 amide bonds. The van der Waals surface area contributed by atoms with Crippen LogP contribution in [0.5, 0.6) is 0 Å². The molecule has 18 heavy (non-hydrogen) atoms. The third-order valence-corrected chi connectivity index (χ3v) is 3.73. The zero-order valence-corrected chi connectivity index (χ0v) is 11.7. The maximum atomic E-state index is 12.5. The molecule has 3 heteroatoms. The number of fused-ring (bicyclic) bond motifs is 1. The van der Waals surface area contributed by atoms with E-state index in [1.54, 1.807) is 0 Å². The summed E-state index contributed by atoms with van der Waals surface area (Å²) in [4.78, 5) is 14.4. The molecular formula is C15H22N2O. The zero-order valence-electron chi connectivity index (χ0n) is 11.7. The Kier molecular flexibility index (Phi) is 3.71. The van der Waals surface area contributed by atoms with Crippen molar-refractivity contribution in [3.8, 4) is 0 Å². The fourth-order valence-corrected chi connectivity index (χ4v) is 2.74. The van der Waals surface area contributed by atoms with Crippen LogP contribution in [0.4, 0.5) is 5.69 Å². The van der Waals surface area contributed by atoms with Gasteiger partial charge in [-0.2, -0.15) is 0 Å². The number of nitrogens with zero attached hydrogens (tertiary/aromatic N) is 1. The number of unbranched alkanes of at least 4 members (excludes halogenated alkanes) is 1. The fourth-order valence-electron chi connectivity index (χ4n) is 2.74. The van der Waals surface area contributed by atoms with E-state index in [1.807, 2.05) is 11.9 Å². The van der Waals surface area contributed by atoms with E-state index < -0.39 is 0 Å². The second-order valence-corrected chi connectivity index (χ2v) is 5.03. The molecule has 3 nitrogen and oxygen atoms in total. The van der Waals surface area contributed by atoms with Crippen LogP contribution in [0.25, 0.3) is 0 Å². The van der Waals surface area contributed by atoms with Gasteiger partial charge in [-0.3, -0.25) is 4.79 Å². The molecule has 0 fully saturated rings. The summed E-state index contributed by atoms with van der Waals surface area (Å²) in [7, 11) is 1.86. The van der Waals surface area contributed by atoms with Crippen LogP contribution < -0.4 is 10.2 Å². The number of carbonyl (C=O) groups excluding carboxylic acids is 1. The third-order valence-electron chi connectivity index (χ3n) is 3.73. The molecule has 98 valence electrons. The standard InChI is InChI=1S/C15H22N2O/c1-5-6-9-17-14-11(3)8-7-10(2)12(14)13(16-4)15(17)18/h7-8,13,16H,5-6,9H2,1-4H3. The second-order valence-electron chi connectivity index (χ2n) is 5.03. The van der Waals surface area contributed by atoms with Crippen molar-refractivity contribution in [1.82, 2.24) is 5.32 Å². The first-order valence-electron chi connectivity index (χ1n) is 6.70. The van der Waals surface area contributed by atoms with Gasteiger partial charge in [-0.1, -0.05) is 25.5 Å². The maximum absolute atomic E-state index is 12.5. The first-order valence-corrected chi connectivity index (χ1v) is 6.70. The minimum atomic E-state index is -0.170. The number of carbonyl (C=O) groups is 1. The highest BCUT2D eigenvalue weighted by Gasteiger charge is 2.37. The van der Waals surface area contributed by atoms with Gasteiger partial charge in [-0.05, 0) is 38.4 Å². The molecule has 2 rings (SSSR count). The number of hydrogen-bond acceptors (Lipinski definition) is 2. The van der Waals surface area contributed by atoms with Gasteiger partial charge in [0.05, 0.1) is 5.69 Å². The molecule has 1 aliphatic rings. The summed E-state index contributed by atoms with van der Waals surface area (Å²) in [6.45, 7) is 7.15. The number of hydrogen-bond donors (Lipinski definition) is 1. The van der Waals surface area contributed by atoms with Crippen molar-refractivity contribution < 1.29 is 4.79 Å². The Labute approximate surface area is 109 Å². The third kappa shape index (κ3) is 1.93. The van der Waals surface area contributed by atoms with Crippen molar-refractivity contribution in [2.45, 2.75) is 39.7 Å². The molecule has 0 spiro atoms. The Bertz CT molecular complexity index is 468. The largest absolute Gasteiger partial charge is 0.310 e. The number of anilines is 1. The number of rotatable bonds is 4. The molecule has 0 aromatic heterocycles. The minimum absolute atomic E-state index is 0.170. The second kappa shape index (κ2) is 5.11. The van der Waals surface area contributed by atoms with E-state index in [4.69, 9.17) is 0 Å². The lowest BCUT2D eigenvalue weighted by atomic mass is 9.99. The van der Waals surface area contributed by atoms with Gasteiger partial charge in [0, 0.05) is 12.1 Å². The average molecular weight is 246 g/mol. The van der Waals surface area contributed by atoms with Crippen LogP contribution in [0.3, 0.4) is 0 Å². The Morgan fingerprint density at radius 3 is 2.56 bits per heavy atom. The Hall–Kier alpha value is -1.35. The summed E-state index contributed by atoms with van der Waals surface area (Å²) in [6, 6.07) is 4.05. The van der Waals surface area contributed by atoms with Crippen LogP contribution in [-0.4, -0.2) is 19.5 Å². The van der Waals surface area contributed by atoms with Crippen molar-refractivity contribution in [3.63, 3.8) is 0 Å². The molecular weight excluding hydrogens is 224 g/mol. The summed E-state index contributed by atoms with van der Waals surface area (Å²) in [5, 5.41) is 3.15. The molecule has 1 heterocycles. The molecule has 0 saturated carbocycles. The first kappa shape index (κ1) is 13.1. The van der Waals surface area contributed by atoms with E-state index in [1.165, 1.54) is 16.7 Å². The van der Waals surface area contributed by atoms with E-state index in [0.717, 1.165) is 25.1 Å². The quantitative estimate of drug-likeness (QED) is 0.886. The highest BCUT2D eigenvalue weighted by atomic mass is 16.2. The fraction of sp³-hybridized carbons (Fsp3) is 0.533. The number of nitrogens with one attached hydrogen (secondary N) is 1. The maximum Gasteiger partial charge on any atom is 0.248 e. The Morgan fingerprint density at radius 2 is 1.94 bits per heavy atom. The van der Waals surface area contributed by atoms with Gasteiger partial charge >= 0.3 is 0 Å². The molecule has 1 N–H and O–H groups in total. The molecule has 1 aromatic carbocycles. The Balaban J connectivity index is 2.50. The molecule has 0 saturated heterocycles. The van der Waals surface area contributed by atoms with Gasteiger partial charge in [0.2, 0.25) is 5.91 Å². The van der Waals surface area contributed by atoms with Gasteiger partial charge in [0.15, 0.2) is 0 Å². The smallest absolute Gasteiger partial charge is 0.248 e. The van der Waals surface area contributed by atoms with Crippen LogP contribution in [0, 0.1) is 13.8 Å². The minimum Gasteiger partial charge on any atom is -0.310 e. The van der Waals surface area contributed by atoms with Crippen LogP contribution in [-0.2, 0) is 4.79 Å². The molecule has 0 bridgehead atoms. The normalized spacial score (nSPS) is 18.3. The highest BCUT2D eigenvalue weighted by Crippen LogP contribution is 2.40. The lowest BCUT2D eigenvalue weighted by Crippen LogP contribution is -2.34. The van der Waals surface area contributed by atoms with Gasteiger partial charge in [0.25, 0.3) is 0 Å². The van der Waals surface area contributed by atoms with Gasteiger partial charge < -0.3 is 10.2 Å². The van der Waals surface area contributed by atoms with Gasteiger partial charge in [-0.25, -0.2) is 0 Å². The van der Waals surface area contributed by atoms with E-state index in [0.29, 0.717) is 0 Å². The summed E-state index contributed by atoms with van der Waals surface area (Å²) in [6.07, 6.45) is 2.16. The lowest BCUT2D eigenvalue weighted by molar-refractivity contribution is -0.119. The van der Waals surface area contributed by atoms with E-state index in [2.05, 4.69) is 38.2 Å². The molecule has 1 atom stereocenters. The molecule has 1 aliphatic heterocycles. The summed E-state index contributed by atoms with van der Waals surface area (Å²) in [5.74, 6) is 0.193. The van der Waals surface area contributed by atoms with Crippen molar-refractivity contribution in [3.05, 3.63) is 28.8 Å². The summed E-state index contributed by atoms with van der Waals surface area (Å²) >= 11 is 0. The highest BCUT2D eigenvalue weighted by molar-refractivity contribution is 6.05. The molecule has 1 aromatic rings. The molecule has 0 radical (unpaired) electrons. The van der Waals surface area contributed by atoms with Crippen LogP contribution >= 0.6 is 0 Å². The summed E-state index contributed by atoms with van der Waals surface area (Å²) < 4.78 is 0. The lowest BCUT2D eigenvalue weighted by Gasteiger charge is -2.19. The SMILES string of the molecule is CCCCN1C(=O)C(NC)c2c(C)ccc(C)c21. The van der Waals surface area contributed by atoms with Crippen LogP contribution in [0.15, 0.2) is 12.1 Å². The van der Waals surface area contributed by atoms with Gasteiger partial charge in [-0.15, -0.1) is 0 Å². The average Bonchev–Trinajstić information content (AvgIpc) is 2.65. The van der Waals surface area contributed by atoms with Crippen molar-refractivity contribution in [2.75, 3.05) is 18.5 Å². The predicted octanol–water partition coefficient (Wildman–Crippen LogP) is 2.71. The van der Waals surface area contributed by atoms with Crippen LogP contribution in [0.1, 0.15) is 42.5 Å². The predicted molar refractivity (Wildman–Crippen MR) is 75.0 cm³/mol. The topological polar surface area (TPSA) is 32.3 Å². The molecule has 1 unspecified atom stereocenters. The van der Waals surface area contributed by atoms with Crippen LogP contribution in [0.2, 0.25) is 0 Å². The van der Waals surface area contributed by atoms with E-state index in [-0.39, 0.29) is 11.9 Å². The van der Waals surface area contributed by atoms with E-state index >= 15 is 0 Å². The number of aryl methyl sites for hydroxylation is 2. The summed E-state index contributed by atoms with van der Waals surface area (Å²) in [5.41, 5.74) is 4.69. The number of likely N-dealkylation sites (N-methyl/N-ethyl adjacent to an activating group) is 1. The number of amides is 1. The van der Waals surface area contributed by atoms with Crippen molar-refractivity contribution in [1.29, 1.82) is 0 Å². The Morgan fingerprint density at radius 1 is 1.28 bits per heavy atom. The van der Waals surface area contributed by atoms with Gasteiger partial charge in [0.1, 0.15) is 6.04 Å². The van der Waals surface area contributed by atoms with E-state index in [9.17, 15) is 4.79 Å². The first-order chi connectivity index (χ1) is 8.61. The van der Waals surface area contributed by atoms with Crippen molar-refractivity contribution >= 4 is 11.6 Å².